The minimum Gasteiger partial charge on any atom is -0.400 e. The van der Waals surface area contributed by atoms with Gasteiger partial charge in [-0.2, -0.15) is 0 Å². The zero-order chi connectivity index (χ0) is 25.0. The van der Waals surface area contributed by atoms with Crippen LogP contribution < -0.4 is 0 Å². The molecule has 0 rings (SSSR count). The Bertz CT molecular complexity index is 678. The third-order valence-electron chi connectivity index (χ3n) is 4.94. The summed E-state index contributed by atoms with van der Waals surface area (Å²) in [4.78, 5) is 9.06. The van der Waals surface area contributed by atoms with Crippen molar-refractivity contribution in [3.63, 3.8) is 0 Å². The predicted molar refractivity (Wildman–Crippen MR) is 141 cm³/mol. The fourth-order valence-corrected chi connectivity index (χ4v) is 2.31. The Kier molecular flexibility index (Phi) is 22.3. The molecule has 0 aromatic heterocycles. The Hall–Kier alpha value is -2.45. The molecule has 0 aliphatic heterocycles. The molecule has 0 spiro atoms. The molecule has 174 valence electrons. The molecule has 2 atom stereocenters. The van der Waals surface area contributed by atoms with Gasteiger partial charge in [-0.25, -0.2) is 0 Å². The lowest BCUT2D eigenvalue weighted by atomic mass is 9.91. The van der Waals surface area contributed by atoms with E-state index in [0.29, 0.717) is 18.1 Å². The lowest BCUT2D eigenvalue weighted by Crippen LogP contribution is -1.97. The highest BCUT2D eigenvalue weighted by Crippen LogP contribution is 2.26. The number of carbonyl (C=O) groups is 1. The van der Waals surface area contributed by atoms with Gasteiger partial charge in [-0.15, -0.1) is 0 Å². The monoisotopic (exact) mass is 426 g/mol. The minimum absolute atomic E-state index is 0.328. The van der Waals surface area contributed by atoms with E-state index in [9.17, 15) is 0 Å². The molecule has 0 aliphatic rings. The van der Waals surface area contributed by atoms with Crippen molar-refractivity contribution in [2.45, 2.75) is 60.8 Å². The van der Waals surface area contributed by atoms with Crippen LogP contribution in [0.25, 0.3) is 0 Å². The molecule has 2 heteroatoms. The lowest BCUT2D eigenvalue weighted by Gasteiger charge is -2.14. The number of carbonyl (C=O) groups excluding carboxylic acids is 1. The van der Waals surface area contributed by atoms with Crippen molar-refractivity contribution in [2.24, 2.45) is 11.8 Å². The summed E-state index contributed by atoms with van der Waals surface area (Å²) in [6.07, 6.45) is 13.7. The summed E-state index contributed by atoms with van der Waals surface area (Å²) in [6, 6.07) is 0. The zero-order valence-corrected chi connectivity index (χ0v) is 21.1. The lowest BCUT2D eigenvalue weighted by molar-refractivity contribution is -0.104. The Morgan fingerprint density at radius 1 is 0.935 bits per heavy atom. The third kappa shape index (κ3) is 16.0. The van der Waals surface area contributed by atoms with Gasteiger partial charge in [-0.05, 0) is 65.5 Å². The van der Waals surface area contributed by atoms with E-state index in [0.717, 1.165) is 48.7 Å². The maximum atomic E-state index is 9.06. The van der Waals surface area contributed by atoms with Gasteiger partial charge in [0.15, 0.2) is 0 Å². The molecule has 0 aromatic carbocycles. The number of rotatable bonds is 12. The average molecular weight is 427 g/mol. The highest BCUT2D eigenvalue weighted by Gasteiger charge is 2.08. The summed E-state index contributed by atoms with van der Waals surface area (Å²) in [5.41, 5.74) is 6.58. The van der Waals surface area contributed by atoms with Crippen LogP contribution in [0.1, 0.15) is 60.8 Å². The first-order chi connectivity index (χ1) is 14.6. The maximum absolute atomic E-state index is 9.06. The molecule has 0 aliphatic carbocycles. The molecule has 31 heavy (non-hydrogen) atoms. The van der Waals surface area contributed by atoms with Gasteiger partial charge in [0, 0.05) is 7.11 Å². The van der Waals surface area contributed by atoms with E-state index in [2.05, 4.69) is 98.7 Å². The van der Waals surface area contributed by atoms with Crippen molar-refractivity contribution in [3.8, 4) is 0 Å². The smallest absolute Gasteiger partial charge is 0.142 e. The van der Waals surface area contributed by atoms with Crippen molar-refractivity contribution in [2.75, 3.05) is 7.11 Å². The largest absolute Gasteiger partial charge is 0.400 e. The van der Waals surface area contributed by atoms with Crippen molar-refractivity contribution >= 4 is 6.29 Å². The second-order valence-electron chi connectivity index (χ2n) is 7.32. The molecule has 0 bridgehead atoms. The fraction of sp³-hybridized carbons (Fsp3) is 0.414. The summed E-state index contributed by atoms with van der Waals surface area (Å²) in [6.45, 7) is 32.9. The van der Waals surface area contributed by atoms with Crippen molar-refractivity contribution in [1.29, 1.82) is 0 Å². The number of aldehydes is 1. The van der Waals surface area contributed by atoms with Gasteiger partial charge < -0.3 is 5.11 Å². The van der Waals surface area contributed by atoms with Gasteiger partial charge >= 0.3 is 0 Å². The molecule has 2 unspecified atom stereocenters. The van der Waals surface area contributed by atoms with Crippen LogP contribution in [0.5, 0.6) is 0 Å². The zero-order valence-electron chi connectivity index (χ0n) is 21.1. The number of aliphatic hydroxyl groups excluding tert-OH is 1. The Morgan fingerprint density at radius 3 is 1.84 bits per heavy atom. The number of hydrogen-bond acceptors (Lipinski definition) is 2. The van der Waals surface area contributed by atoms with Crippen molar-refractivity contribution in [1.82, 2.24) is 0 Å². The Labute approximate surface area is 192 Å². The number of allylic oxidation sites excluding steroid dienone is 11. The van der Waals surface area contributed by atoms with Gasteiger partial charge in [-0.3, -0.25) is 4.79 Å². The summed E-state index contributed by atoms with van der Waals surface area (Å²) >= 11 is 0. The van der Waals surface area contributed by atoms with Crippen LogP contribution in [0.15, 0.2) is 96.7 Å². The van der Waals surface area contributed by atoms with Crippen LogP contribution in [0, 0.1) is 11.8 Å². The van der Waals surface area contributed by atoms with Gasteiger partial charge in [0.1, 0.15) is 6.29 Å². The molecule has 1 N–H and O–H groups in total. The van der Waals surface area contributed by atoms with E-state index >= 15 is 0 Å². The first-order valence-electron chi connectivity index (χ1n) is 10.9. The summed E-state index contributed by atoms with van der Waals surface area (Å²) in [7, 11) is 1.00. The first-order valence-corrected chi connectivity index (χ1v) is 10.9. The van der Waals surface area contributed by atoms with Crippen molar-refractivity contribution < 1.29 is 9.90 Å². The SMILES string of the molecule is C=C(/C=C(/C)C(=C)CC)C(=C)/C(=C\C(=C)C(C)/C=C\C(C)CC)CC.C=CC=O.CO. The van der Waals surface area contributed by atoms with Crippen LogP contribution in [-0.2, 0) is 4.79 Å². The molecule has 0 fully saturated rings. The highest BCUT2D eigenvalue weighted by molar-refractivity contribution is 5.63. The molecule has 2 nitrogen and oxygen atoms in total. The van der Waals surface area contributed by atoms with Crippen LogP contribution >= 0.6 is 0 Å². The standard InChI is InChI=1S/C25H38.C3H4O.CH4O/c1-11-18(4)14-15-20(6)22(8)17-25(13-3)24(10)23(9)16-21(7)19(5)12-2;1-2-3-4;1-2/h14-18,20H,5,8-13H2,1-4,6-7H3;2-3H,1H2;2H,1H3/b15-14-,21-16-,25-17-;;. The van der Waals surface area contributed by atoms with Gasteiger partial charge in [0.05, 0.1) is 0 Å². The average Bonchev–Trinajstić information content (AvgIpc) is 2.80. The Balaban J connectivity index is -0.00000116. The molecule has 0 aromatic rings. The maximum Gasteiger partial charge on any atom is 0.142 e. The Morgan fingerprint density at radius 2 is 1.45 bits per heavy atom. The van der Waals surface area contributed by atoms with E-state index in [1.54, 1.807) is 0 Å². The van der Waals surface area contributed by atoms with Crippen LogP contribution in [-0.4, -0.2) is 18.5 Å². The molecule has 0 amide bonds. The van der Waals surface area contributed by atoms with E-state index < -0.39 is 0 Å². The molecule has 0 saturated carbocycles. The first kappa shape index (κ1) is 33.2. The molecule has 0 radical (unpaired) electrons. The normalized spacial score (nSPS) is 13.0. The van der Waals surface area contributed by atoms with Crippen LogP contribution in [0.3, 0.4) is 0 Å². The van der Waals surface area contributed by atoms with E-state index in [4.69, 9.17) is 9.90 Å². The van der Waals surface area contributed by atoms with Gasteiger partial charge in [0.2, 0.25) is 0 Å². The summed E-state index contributed by atoms with van der Waals surface area (Å²) in [5, 5.41) is 7.00. The highest BCUT2D eigenvalue weighted by atomic mass is 16.2. The van der Waals surface area contributed by atoms with Crippen LogP contribution in [0.2, 0.25) is 0 Å². The van der Waals surface area contributed by atoms with Crippen molar-refractivity contribution in [3.05, 3.63) is 96.7 Å². The van der Waals surface area contributed by atoms with E-state index in [1.165, 1.54) is 17.2 Å². The van der Waals surface area contributed by atoms with E-state index in [-0.39, 0.29) is 0 Å². The third-order valence-corrected chi connectivity index (χ3v) is 4.94. The predicted octanol–water partition coefficient (Wildman–Crippen LogP) is 8.12. The quantitative estimate of drug-likeness (QED) is 0.148. The number of hydrogen-bond donors (Lipinski definition) is 1. The van der Waals surface area contributed by atoms with Crippen LogP contribution in [0.4, 0.5) is 0 Å². The fourth-order valence-electron chi connectivity index (χ4n) is 2.31. The van der Waals surface area contributed by atoms with Gasteiger partial charge in [0.25, 0.3) is 0 Å². The minimum atomic E-state index is 0.328. The summed E-state index contributed by atoms with van der Waals surface area (Å²) < 4.78 is 0. The van der Waals surface area contributed by atoms with Gasteiger partial charge in [-0.1, -0.05) is 104 Å². The van der Waals surface area contributed by atoms with E-state index in [1.807, 2.05) is 0 Å². The second-order valence-corrected chi connectivity index (χ2v) is 7.32. The summed E-state index contributed by atoms with van der Waals surface area (Å²) in [5.74, 6) is 0.938. The molecular weight excluding hydrogens is 380 g/mol. The second kappa shape index (κ2) is 20.8. The number of aliphatic hydroxyl groups is 1. The molecular formula is C29H46O2. The molecule has 0 saturated heterocycles. The molecule has 0 heterocycles. The topological polar surface area (TPSA) is 37.3 Å².